The van der Waals surface area contributed by atoms with Crippen LogP contribution in [0.2, 0.25) is 0 Å². The Hall–Kier alpha value is -4.38. The van der Waals surface area contributed by atoms with Crippen molar-refractivity contribution in [3.05, 3.63) is 114 Å². The average Bonchev–Trinajstić information content (AvgIpc) is 3.09. The van der Waals surface area contributed by atoms with Gasteiger partial charge >= 0.3 is 0 Å². The second kappa shape index (κ2) is 15.0. The molecular formula is C37H43N3O6S. The molecule has 0 fully saturated rings. The van der Waals surface area contributed by atoms with E-state index in [2.05, 4.69) is 9.62 Å². The summed E-state index contributed by atoms with van der Waals surface area (Å²) in [5, 5.41) is 9.97. The normalized spacial score (nSPS) is 17.6. The fraction of sp³-hybridized carbons (Fsp3) is 0.324. The number of nitrogens with one attached hydrogen (secondary N) is 1. The summed E-state index contributed by atoms with van der Waals surface area (Å²) in [4.78, 5) is 17.6. The number of hydrogen-bond donors (Lipinski definition) is 2. The second-order valence-corrected chi connectivity index (χ2v) is 14.1. The highest BCUT2D eigenvalue weighted by Gasteiger charge is 2.31. The number of benzene rings is 4. The molecule has 0 bridgehead atoms. The van der Waals surface area contributed by atoms with E-state index in [0.29, 0.717) is 36.6 Å². The van der Waals surface area contributed by atoms with Gasteiger partial charge in [0, 0.05) is 36.8 Å². The molecule has 248 valence electrons. The molecule has 0 saturated heterocycles. The number of nitrogens with zero attached hydrogens (tertiary/aromatic N) is 2. The summed E-state index contributed by atoms with van der Waals surface area (Å²) in [6.45, 7) is 7.24. The number of ether oxygens (including phenoxy) is 2. The van der Waals surface area contributed by atoms with Crippen molar-refractivity contribution in [1.82, 2.24) is 9.80 Å². The summed E-state index contributed by atoms with van der Waals surface area (Å²) in [6, 6.07) is 28.9. The molecule has 0 aromatic heterocycles. The first-order valence-corrected chi connectivity index (χ1v) is 17.3. The molecule has 1 amide bonds. The molecule has 0 radical (unpaired) electrons. The maximum atomic E-state index is 13.6. The van der Waals surface area contributed by atoms with Crippen LogP contribution in [0.15, 0.2) is 102 Å². The summed E-state index contributed by atoms with van der Waals surface area (Å²) in [5.41, 5.74) is 2.98. The lowest BCUT2D eigenvalue weighted by Gasteiger charge is -2.34. The first-order chi connectivity index (χ1) is 22.5. The first-order valence-electron chi connectivity index (χ1n) is 15.8. The van der Waals surface area contributed by atoms with Gasteiger partial charge in [-0.2, -0.15) is 0 Å². The highest BCUT2D eigenvalue weighted by Crippen LogP contribution is 2.30. The molecule has 3 atom stereocenters. The zero-order valence-corrected chi connectivity index (χ0v) is 28.1. The van der Waals surface area contributed by atoms with Gasteiger partial charge in [0.15, 0.2) is 0 Å². The molecule has 0 aliphatic carbocycles. The number of rotatable bonds is 11. The molecule has 0 unspecified atom stereocenters. The number of hydrogen-bond acceptors (Lipinski definition) is 7. The van der Waals surface area contributed by atoms with Crippen LogP contribution in [0, 0.1) is 12.8 Å². The van der Waals surface area contributed by atoms with Gasteiger partial charge in [0.1, 0.15) is 23.4 Å². The zero-order chi connectivity index (χ0) is 33.6. The number of para-hydroxylation sites is 1. The topological polar surface area (TPSA) is 108 Å². The molecule has 10 heteroatoms. The SMILES string of the molecule is Cc1ccc(S(=O)(=O)Nc2ccc3c(c2)CC(=O)N([C@@H](C)CO)C[C@H](C)[C@@H](CN(C)Cc2ccc(Oc4ccccc4)cc2)O3)cc1. The predicted octanol–water partition coefficient (Wildman–Crippen LogP) is 5.87. The van der Waals surface area contributed by atoms with Crippen molar-refractivity contribution in [2.24, 2.45) is 5.92 Å². The number of amides is 1. The van der Waals surface area contributed by atoms with Gasteiger partial charge in [-0.05, 0) is 81.1 Å². The Kier molecular flexibility index (Phi) is 10.9. The standard InChI is InChI=1S/C37H43N3O6S/c1-26-10-17-34(18-11-26)47(43,44)38-31-14-19-35-30(20-31)21-37(42)40(28(3)25-41)22-27(2)36(46-35)24-39(4)23-29-12-15-33(16-13-29)45-32-8-6-5-7-9-32/h5-20,27-28,36,38,41H,21-25H2,1-4H3/t27-,28-,36+/m0/s1. The monoisotopic (exact) mass is 657 g/mol. The number of likely N-dealkylation sites (N-methyl/N-ethyl adjacent to an activating group) is 1. The summed E-state index contributed by atoms with van der Waals surface area (Å²) < 4.78 is 41.4. The van der Waals surface area contributed by atoms with Gasteiger partial charge in [0.2, 0.25) is 5.91 Å². The fourth-order valence-corrected chi connectivity index (χ4v) is 6.66. The predicted molar refractivity (Wildman–Crippen MR) is 183 cm³/mol. The highest BCUT2D eigenvalue weighted by molar-refractivity contribution is 7.92. The third kappa shape index (κ3) is 8.91. The summed E-state index contributed by atoms with van der Waals surface area (Å²) in [5.74, 6) is 1.85. The van der Waals surface area contributed by atoms with Crippen molar-refractivity contribution in [2.45, 2.75) is 50.8 Å². The van der Waals surface area contributed by atoms with Crippen LogP contribution in [-0.4, -0.2) is 68.1 Å². The molecule has 1 heterocycles. The summed E-state index contributed by atoms with van der Waals surface area (Å²) in [6.07, 6.45) is -0.291. The van der Waals surface area contributed by atoms with Gasteiger partial charge in [0.25, 0.3) is 10.0 Å². The lowest BCUT2D eigenvalue weighted by Crippen LogP contribution is -2.47. The minimum Gasteiger partial charge on any atom is -0.488 e. The number of carbonyl (C=O) groups is 1. The van der Waals surface area contributed by atoms with Crippen molar-refractivity contribution < 1.29 is 27.8 Å². The number of aryl methyl sites for hydroxylation is 1. The van der Waals surface area contributed by atoms with Crippen molar-refractivity contribution >= 4 is 21.6 Å². The van der Waals surface area contributed by atoms with E-state index < -0.39 is 10.0 Å². The van der Waals surface area contributed by atoms with E-state index in [1.54, 1.807) is 47.4 Å². The number of carbonyl (C=O) groups excluding carboxylic acids is 1. The second-order valence-electron chi connectivity index (χ2n) is 12.4. The van der Waals surface area contributed by atoms with Crippen molar-refractivity contribution in [1.29, 1.82) is 0 Å². The Morgan fingerprint density at radius 2 is 1.68 bits per heavy atom. The van der Waals surface area contributed by atoms with Gasteiger partial charge in [-0.3, -0.25) is 14.4 Å². The number of aliphatic hydroxyl groups excluding tert-OH is 1. The summed E-state index contributed by atoms with van der Waals surface area (Å²) in [7, 11) is -1.81. The first kappa shape index (κ1) is 34.0. The van der Waals surface area contributed by atoms with E-state index in [9.17, 15) is 18.3 Å². The van der Waals surface area contributed by atoms with Crippen molar-refractivity contribution in [3.8, 4) is 17.2 Å². The molecule has 0 spiro atoms. The smallest absolute Gasteiger partial charge is 0.261 e. The molecule has 0 saturated carbocycles. The largest absolute Gasteiger partial charge is 0.488 e. The summed E-state index contributed by atoms with van der Waals surface area (Å²) >= 11 is 0. The fourth-order valence-electron chi connectivity index (χ4n) is 5.61. The van der Waals surface area contributed by atoms with Crippen LogP contribution in [0.25, 0.3) is 0 Å². The van der Waals surface area contributed by atoms with E-state index in [-0.39, 0.29) is 41.9 Å². The van der Waals surface area contributed by atoms with Crippen LogP contribution in [0.1, 0.15) is 30.5 Å². The molecule has 1 aliphatic heterocycles. The van der Waals surface area contributed by atoms with E-state index in [1.165, 1.54) is 0 Å². The maximum Gasteiger partial charge on any atom is 0.261 e. The minimum atomic E-state index is -3.84. The number of aliphatic hydroxyl groups is 1. The molecule has 4 aromatic carbocycles. The number of sulfonamides is 1. The van der Waals surface area contributed by atoms with Crippen LogP contribution in [0.4, 0.5) is 5.69 Å². The average molecular weight is 658 g/mol. The number of fused-ring (bicyclic) bond motifs is 1. The molecule has 1 aliphatic rings. The molecule has 4 aromatic rings. The lowest BCUT2D eigenvalue weighted by atomic mass is 10.0. The maximum absolute atomic E-state index is 13.6. The van der Waals surface area contributed by atoms with Crippen LogP contribution >= 0.6 is 0 Å². The van der Waals surface area contributed by atoms with Gasteiger partial charge in [-0.25, -0.2) is 8.42 Å². The quantitative estimate of drug-likeness (QED) is 0.208. The van der Waals surface area contributed by atoms with Crippen LogP contribution in [0.5, 0.6) is 17.2 Å². The van der Waals surface area contributed by atoms with E-state index in [1.807, 2.05) is 82.4 Å². The Morgan fingerprint density at radius 3 is 2.36 bits per heavy atom. The molecule has 5 rings (SSSR count). The minimum absolute atomic E-state index is 0.00640. The Balaban J connectivity index is 1.34. The van der Waals surface area contributed by atoms with Crippen LogP contribution < -0.4 is 14.2 Å². The van der Waals surface area contributed by atoms with E-state index in [4.69, 9.17) is 9.47 Å². The van der Waals surface area contributed by atoms with Gasteiger partial charge < -0.3 is 19.5 Å². The van der Waals surface area contributed by atoms with Crippen LogP contribution in [0.3, 0.4) is 0 Å². The van der Waals surface area contributed by atoms with Gasteiger partial charge in [-0.1, -0.05) is 55.0 Å². The molecule has 47 heavy (non-hydrogen) atoms. The third-order valence-electron chi connectivity index (χ3n) is 8.35. The van der Waals surface area contributed by atoms with Crippen LogP contribution in [-0.2, 0) is 27.8 Å². The lowest BCUT2D eigenvalue weighted by molar-refractivity contribution is -0.134. The zero-order valence-electron chi connectivity index (χ0n) is 27.3. The van der Waals surface area contributed by atoms with E-state index >= 15 is 0 Å². The third-order valence-corrected chi connectivity index (χ3v) is 9.74. The molecule has 2 N–H and O–H groups in total. The highest BCUT2D eigenvalue weighted by atomic mass is 32.2. The Morgan fingerprint density at radius 1 is 1.00 bits per heavy atom. The van der Waals surface area contributed by atoms with Gasteiger partial charge in [0.05, 0.1) is 24.0 Å². The van der Waals surface area contributed by atoms with Crippen molar-refractivity contribution in [2.75, 3.05) is 31.5 Å². The van der Waals surface area contributed by atoms with E-state index in [0.717, 1.165) is 22.6 Å². The number of anilines is 1. The Labute approximate surface area is 277 Å². The molecule has 9 nitrogen and oxygen atoms in total. The van der Waals surface area contributed by atoms with Gasteiger partial charge in [-0.15, -0.1) is 0 Å². The Bertz CT molecular complexity index is 1750. The van der Waals surface area contributed by atoms with Crippen molar-refractivity contribution in [3.63, 3.8) is 0 Å². The molecular weight excluding hydrogens is 614 g/mol.